The zero-order chi connectivity index (χ0) is 13.8. The molecule has 0 aliphatic heterocycles. The van der Waals surface area contributed by atoms with Crippen LogP contribution in [0.5, 0.6) is 0 Å². The highest BCUT2D eigenvalue weighted by atomic mass is 16.5. The molecule has 110 valence electrons. The average Bonchev–Trinajstić information content (AvgIpc) is 2.49. The first-order chi connectivity index (χ1) is 9.83. The first-order valence-electron chi connectivity index (χ1n) is 8.23. The lowest BCUT2D eigenvalue weighted by molar-refractivity contribution is -0.118. The Morgan fingerprint density at radius 1 is 1.15 bits per heavy atom. The van der Waals surface area contributed by atoms with Crippen LogP contribution in [0.2, 0.25) is 0 Å². The largest absolute Gasteiger partial charge is 0.366 e. The average molecular weight is 273 g/mol. The summed E-state index contributed by atoms with van der Waals surface area (Å²) in [5, 5.41) is 3.37. The Bertz CT molecular complexity index is 431. The van der Waals surface area contributed by atoms with Crippen molar-refractivity contribution in [3.63, 3.8) is 0 Å². The van der Waals surface area contributed by atoms with Gasteiger partial charge in [0.2, 0.25) is 0 Å². The summed E-state index contributed by atoms with van der Waals surface area (Å²) < 4.78 is 6.72. The molecule has 1 fully saturated rings. The number of likely N-dealkylation sites (N-methyl/N-ethyl adjacent to an activating group) is 1. The third-order valence-corrected chi connectivity index (χ3v) is 4.97. The van der Waals surface area contributed by atoms with Gasteiger partial charge in [0.05, 0.1) is 11.7 Å². The Balaban J connectivity index is 1.79. The molecule has 0 heterocycles. The molecular weight excluding hydrogens is 246 g/mol. The molecule has 0 amide bonds. The highest BCUT2D eigenvalue weighted by molar-refractivity contribution is 5.31. The number of fused-ring (bicyclic) bond motifs is 1. The van der Waals surface area contributed by atoms with Crippen molar-refractivity contribution in [3.05, 3.63) is 35.4 Å². The third-order valence-electron chi connectivity index (χ3n) is 4.97. The lowest BCUT2D eigenvalue weighted by atomic mass is 9.83. The molecule has 1 N–H and O–H groups in total. The van der Waals surface area contributed by atoms with E-state index in [4.69, 9.17) is 4.74 Å². The molecule has 0 radical (unpaired) electrons. The molecule has 1 aromatic rings. The van der Waals surface area contributed by atoms with Gasteiger partial charge >= 0.3 is 0 Å². The first kappa shape index (κ1) is 14.1. The molecule has 0 bridgehead atoms. The molecule has 1 aromatic carbocycles. The summed E-state index contributed by atoms with van der Waals surface area (Å²) in [5.74, 6) is 0. The van der Waals surface area contributed by atoms with Gasteiger partial charge in [-0.05, 0) is 50.3 Å². The summed E-state index contributed by atoms with van der Waals surface area (Å²) in [4.78, 5) is 0. The van der Waals surface area contributed by atoms with Crippen LogP contribution in [0, 0.1) is 0 Å². The van der Waals surface area contributed by atoms with Crippen molar-refractivity contribution in [2.45, 2.75) is 63.1 Å². The molecule has 2 nitrogen and oxygen atoms in total. The summed E-state index contributed by atoms with van der Waals surface area (Å²) in [6, 6.07) is 8.86. The van der Waals surface area contributed by atoms with Gasteiger partial charge in [0.25, 0.3) is 0 Å². The molecule has 1 saturated carbocycles. The van der Waals surface area contributed by atoms with E-state index in [0.29, 0.717) is 6.10 Å². The van der Waals surface area contributed by atoms with Gasteiger partial charge in [-0.25, -0.2) is 0 Å². The Morgan fingerprint density at radius 2 is 1.95 bits per heavy atom. The van der Waals surface area contributed by atoms with Crippen molar-refractivity contribution in [3.8, 4) is 0 Å². The van der Waals surface area contributed by atoms with Crippen molar-refractivity contribution in [2.75, 3.05) is 13.6 Å². The van der Waals surface area contributed by atoms with Crippen LogP contribution in [0.25, 0.3) is 0 Å². The van der Waals surface area contributed by atoms with E-state index in [9.17, 15) is 0 Å². The normalized spacial score (nSPS) is 25.1. The molecule has 1 unspecified atom stereocenters. The molecule has 20 heavy (non-hydrogen) atoms. The summed E-state index contributed by atoms with van der Waals surface area (Å²) in [6.07, 6.45) is 10.4. The zero-order valence-electron chi connectivity index (χ0n) is 12.7. The molecule has 2 aliphatic rings. The van der Waals surface area contributed by atoms with E-state index in [1.165, 1.54) is 62.5 Å². The Labute approximate surface area is 122 Å². The van der Waals surface area contributed by atoms with Crippen molar-refractivity contribution in [1.29, 1.82) is 0 Å². The molecule has 0 saturated heterocycles. The van der Waals surface area contributed by atoms with Crippen LogP contribution in [0.3, 0.4) is 0 Å². The third kappa shape index (κ3) is 2.91. The lowest BCUT2D eigenvalue weighted by Gasteiger charge is -2.41. The van der Waals surface area contributed by atoms with Crippen molar-refractivity contribution >= 4 is 0 Å². The van der Waals surface area contributed by atoms with Gasteiger partial charge in [-0.2, -0.15) is 0 Å². The van der Waals surface area contributed by atoms with Gasteiger partial charge in [0, 0.05) is 6.54 Å². The van der Waals surface area contributed by atoms with Crippen molar-refractivity contribution in [1.82, 2.24) is 5.32 Å². The fourth-order valence-electron chi connectivity index (χ4n) is 3.99. The number of rotatable bonds is 4. The van der Waals surface area contributed by atoms with Crippen LogP contribution in [0.15, 0.2) is 24.3 Å². The van der Waals surface area contributed by atoms with Gasteiger partial charge in [-0.3, -0.25) is 0 Å². The minimum absolute atomic E-state index is 0.0715. The first-order valence-corrected chi connectivity index (χ1v) is 8.23. The number of nitrogens with one attached hydrogen (secondary N) is 1. The topological polar surface area (TPSA) is 21.3 Å². The summed E-state index contributed by atoms with van der Waals surface area (Å²) in [6.45, 7) is 0.992. The minimum Gasteiger partial charge on any atom is -0.366 e. The highest BCUT2D eigenvalue weighted by Crippen LogP contribution is 2.40. The van der Waals surface area contributed by atoms with Crippen molar-refractivity contribution < 1.29 is 4.74 Å². The van der Waals surface area contributed by atoms with Crippen LogP contribution in [-0.4, -0.2) is 19.2 Å². The number of benzene rings is 1. The van der Waals surface area contributed by atoms with Gasteiger partial charge in [-0.15, -0.1) is 0 Å². The predicted molar refractivity (Wildman–Crippen MR) is 82.9 cm³/mol. The van der Waals surface area contributed by atoms with E-state index in [0.717, 1.165) is 6.54 Å². The van der Waals surface area contributed by atoms with E-state index in [1.54, 1.807) is 0 Å². The monoisotopic (exact) mass is 273 g/mol. The highest BCUT2D eigenvalue weighted by Gasteiger charge is 2.36. The standard InChI is InChI=1S/C18H27NO/c1-19-14-18(12-5-2-6-13-18)20-17-11-7-9-15-8-3-4-10-16(15)17/h3-4,8,10,17,19H,2,5-7,9,11-14H2,1H3. The van der Waals surface area contributed by atoms with Crippen LogP contribution in [-0.2, 0) is 11.2 Å². The minimum atomic E-state index is 0.0715. The SMILES string of the molecule is CNCC1(OC2CCCc3ccccc32)CCCCC1. The van der Waals surface area contributed by atoms with Crippen LogP contribution >= 0.6 is 0 Å². The van der Waals surface area contributed by atoms with Gasteiger partial charge in [0.15, 0.2) is 0 Å². The quantitative estimate of drug-likeness (QED) is 0.895. The predicted octanol–water partition coefficient (Wildman–Crippen LogP) is 4.00. The fraction of sp³-hybridized carbons (Fsp3) is 0.667. The molecule has 2 heteroatoms. The number of aryl methyl sites for hydroxylation is 1. The smallest absolute Gasteiger partial charge is 0.0835 e. The maximum Gasteiger partial charge on any atom is 0.0835 e. The number of hydrogen-bond donors (Lipinski definition) is 1. The van der Waals surface area contributed by atoms with E-state index in [2.05, 4.69) is 36.6 Å². The lowest BCUT2D eigenvalue weighted by Crippen LogP contribution is -2.45. The number of hydrogen-bond acceptors (Lipinski definition) is 2. The van der Waals surface area contributed by atoms with E-state index in [-0.39, 0.29) is 5.60 Å². The van der Waals surface area contributed by atoms with Crippen LogP contribution < -0.4 is 5.32 Å². The van der Waals surface area contributed by atoms with Crippen molar-refractivity contribution in [2.24, 2.45) is 0 Å². The maximum absolute atomic E-state index is 6.72. The van der Waals surface area contributed by atoms with Gasteiger partial charge in [-0.1, -0.05) is 43.5 Å². The second-order valence-corrected chi connectivity index (χ2v) is 6.47. The zero-order valence-corrected chi connectivity index (χ0v) is 12.7. The number of ether oxygens (including phenoxy) is 1. The second kappa shape index (κ2) is 6.28. The van der Waals surface area contributed by atoms with E-state index >= 15 is 0 Å². The van der Waals surface area contributed by atoms with E-state index < -0.39 is 0 Å². The summed E-state index contributed by atoms with van der Waals surface area (Å²) in [7, 11) is 2.05. The fourth-order valence-corrected chi connectivity index (χ4v) is 3.99. The molecular formula is C18H27NO. The Morgan fingerprint density at radius 3 is 2.75 bits per heavy atom. The van der Waals surface area contributed by atoms with Gasteiger partial charge in [0.1, 0.15) is 0 Å². The van der Waals surface area contributed by atoms with Crippen LogP contribution in [0.1, 0.15) is 62.2 Å². The molecule has 0 spiro atoms. The molecule has 1 atom stereocenters. The summed E-state index contributed by atoms with van der Waals surface area (Å²) >= 11 is 0. The summed E-state index contributed by atoms with van der Waals surface area (Å²) in [5.41, 5.74) is 3.02. The Kier molecular flexibility index (Phi) is 4.42. The molecule has 3 rings (SSSR count). The molecule has 2 aliphatic carbocycles. The molecule has 0 aromatic heterocycles. The van der Waals surface area contributed by atoms with E-state index in [1.807, 2.05) is 0 Å². The van der Waals surface area contributed by atoms with Crippen LogP contribution in [0.4, 0.5) is 0 Å². The maximum atomic E-state index is 6.72. The Hall–Kier alpha value is -0.860. The van der Waals surface area contributed by atoms with Gasteiger partial charge < -0.3 is 10.1 Å². The second-order valence-electron chi connectivity index (χ2n) is 6.47.